The highest BCUT2D eigenvalue weighted by Crippen LogP contribution is 2.30. The molecule has 2 aromatic rings. The highest BCUT2D eigenvalue weighted by Gasteiger charge is 2.09. The van der Waals surface area contributed by atoms with Gasteiger partial charge in [-0.05, 0) is 30.3 Å². The normalized spacial score (nSPS) is 10.4. The first kappa shape index (κ1) is 11.2. The summed E-state index contributed by atoms with van der Waals surface area (Å²) in [4.78, 5) is 4.06. The topological polar surface area (TPSA) is 38.9 Å². The maximum absolute atomic E-state index is 12.7. The highest BCUT2D eigenvalue weighted by atomic mass is 35.5. The van der Waals surface area contributed by atoms with Crippen molar-refractivity contribution in [2.24, 2.45) is 0 Å². The van der Waals surface area contributed by atoms with Crippen LogP contribution in [0.1, 0.15) is 0 Å². The van der Waals surface area contributed by atoms with Crippen LogP contribution in [-0.2, 0) is 0 Å². The first-order chi connectivity index (χ1) is 7.58. The molecule has 0 bridgehead atoms. The fourth-order valence-corrected chi connectivity index (χ4v) is 1.76. The van der Waals surface area contributed by atoms with Crippen LogP contribution < -0.4 is 5.73 Å². The maximum Gasteiger partial charge on any atom is 0.143 e. The largest absolute Gasteiger partial charge is 0.382 e. The Hall–Kier alpha value is -1.32. The molecule has 0 amide bonds. The minimum absolute atomic E-state index is 0.199. The monoisotopic (exact) mass is 256 g/mol. The van der Waals surface area contributed by atoms with Crippen molar-refractivity contribution in [3.63, 3.8) is 0 Å². The van der Waals surface area contributed by atoms with Crippen LogP contribution in [0.15, 0.2) is 30.3 Å². The van der Waals surface area contributed by atoms with Gasteiger partial charge in [-0.1, -0.05) is 23.2 Å². The Morgan fingerprint density at radius 3 is 2.31 bits per heavy atom. The molecule has 16 heavy (non-hydrogen) atoms. The Kier molecular flexibility index (Phi) is 2.99. The van der Waals surface area contributed by atoms with Crippen molar-refractivity contribution >= 4 is 29.0 Å². The molecule has 0 aliphatic heterocycles. The Morgan fingerprint density at radius 1 is 1.06 bits per heavy atom. The second kappa shape index (κ2) is 4.28. The van der Waals surface area contributed by atoms with E-state index in [1.807, 2.05) is 0 Å². The molecule has 0 saturated heterocycles. The predicted molar refractivity (Wildman–Crippen MR) is 64.1 cm³/mol. The highest BCUT2D eigenvalue weighted by molar-refractivity contribution is 6.37. The third-order valence-corrected chi connectivity index (χ3v) is 2.67. The quantitative estimate of drug-likeness (QED) is 0.844. The van der Waals surface area contributed by atoms with Gasteiger partial charge in [0.2, 0.25) is 0 Å². The Bertz CT molecular complexity index is 526. The first-order valence-corrected chi connectivity index (χ1v) is 5.21. The van der Waals surface area contributed by atoms with Crippen molar-refractivity contribution in [2.45, 2.75) is 0 Å². The standard InChI is InChI=1S/C11H7Cl2FN2/c12-8-5-9(13)11(15)16-10(8)6-1-3-7(14)4-2-6/h1-5H,(H2,15,16). The van der Waals surface area contributed by atoms with Crippen LogP contribution in [0.2, 0.25) is 10.0 Å². The van der Waals surface area contributed by atoms with Crippen LogP contribution in [-0.4, -0.2) is 4.98 Å². The molecule has 1 aromatic carbocycles. The zero-order valence-corrected chi connectivity index (χ0v) is 9.56. The van der Waals surface area contributed by atoms with Gasteiger partial charge in [0.05, 0.1) is 15.7 Å². The van der Waals surface area contributed by atoms with Crippen molar-refractivity contribution in [3.05, 3.63) is 46.2 Å². The van der Waals surface area contributed by atoms with Gasteiger partial charge in [0.15, 0.2) is 0 Å². The number of anilines is 1. The smallest absolute Gasteiger partial charge is 0.143 e. The lowest BCUT2D eigenvalue weighted by Gasteiger charge is -2.06. The molecule has 0 atom stereocenters. The number of halogens is 3. The fourth-order valence-electron chi connectivity index (χ4n) is 1.29. The van der Waals surface area contributed by atoms with Crippen molar-refractivity contribution in [1.29, 1.82) is 0 Å². The number of nitrogen functional groups attached to an aromatic ring is 1. The number of benzene rings is 1. The number of hydrogen-bond acceptors (Lipinski definition) is 2. The van der Waals surface area contributed by atoms with Crippen molar-refractivity contribution in [1.82, 2.24) is 4.98 Å². The molecule has 0 spiro atoms. The van der Waals surface area contributed by atoms with E-state index < -0.39 is 0 Å². The van der Waals surface area contributed by atoms with Crippen LogP contribution in [0.4, 0.5) is 10.2 Å². The van der Waals surface area contributed by atoms with Crippen LogP contribution in [0.3, 0.4) is 0 Å². The van der Waals surface area contributed by atoms with Crippen LogP contribution >= 0.6 is 23.2 Å². The van der Waals surface area contributed by atoms with E-state index in [9.17, 15) is 4.39 Å². The minimum Gasteiger partial charge on any atom is -0.382 e. The molecule has 2 rings (SSSR count). The van der Waals surface area contributed by atoms with Gasteiger partial charge in [0.25, 0.3) is 0 Å². The van der Waals surface area contributed by atoms with E-state index in [1.54, 1.807) is 12.1 Å². The minimum atomic E-state index is -0.318. The molecule has 0 radical (unpaired) electrons. The molecular weight excluding hydrogens is 250 g/mol. The number of hydrogen-bond donors (Lipinski definition) is 1. The van der Waals surface area contributed by atoms with Gasteiger partial charge < -0.3 is 5.73 Å². The molecule has 0 saturated carbocycles. The van der Waals surface area contributed by atoms with Crippen molar-refractivity contribution in [2.75, 3.05) is 5.73 Å². The zero-order valence-electron chi connectivity index (χ0n) is 8.05. The van der Waals surface area contributed by atoms with Gasteiger partial charge in [-0.3, -0.25) is 0 Å². The summed E-state index contributed by atoms with van der Waals surface area (Å²) in [6, 6.07) is 7.34. The van der Waals surface area contributed by atoms with Crippen LogP contribution in [0.5, 0.6) is 0 Å². The van der Waals surface area contributed by atoms with Gasteiger partial charge >= 0.3 is 0 Å². The average Bonchev–Trinajstić information content (AvgIpc) is 2.25. The summed E-state index contributed by atoms with van der Waals surface area (Å²) in [7, 11) is 0. The fraction of sp³-hybridized carbons (Fsp3) is 0. The lowest BCUT2D eigenvalue weighted by molar-refractivity contribution is 0.628. The van der Waals surface area contributed by atoms with Gasteiger partial charge in [0.1, 0.15) is 11.6 Å². The number of pyridine rings is 1. The van der Waals surface area contributed by atoms with E-state index in [0.29, 0.717) is 21.3 Å². The molecule has 5 heteroatoms. The third kappa shape index (κ3) is 2.10. The predicted octanol–water partition coefficient (Wildman–Crippen LogP) is 3.78. The van der Waals surface area contributed by atoms with E-state index in [-0.39, 0.29) is 11.6 Å². The third-order valence-electron chi connectivity index (χ3n) is 2.07. The molecule has 2 nitrogen and oxygen atoms in total. The first-order valence-electron chi connectivity index (χ1n) is 4.45. The lowest BCUT2D eigenvalue weighted by Crippen LogP contribution is -1.94. The van der Waals surface area contributed by atoms with E-state index in [4.69, 9.17) is 28.9 Å². The van der Waals surface area contributed by atoms with Gasteiger partial charge in [0, 0.05) is 5.56 Å². The molecule has 2 N–H and O–H groups in total. The van der Waals surface area contributed by atoms with Crippen molar-refractivity contribution < 1.29 is 4.39 Å². The Labute approximate surface area is 102 Å². The second-order valence-corrected chi connectivity index (χ2v) is 4.01. The molecule has 1 aromatic heterocycles. The van der Waals surface area contributed by atoms with Crippen molar-refractivity contribution in [3.8, 4) is 11.3 Å². The summed E-state index contributed by atoms with van der Waals surface area (Å²) in [6.07, 6.45) is 0. The summed E-state index contributed by atoms with van der Waals surface area (Å²) in [5.41, 5.74) is 6.76. The molecule has 0 aliphatic carbocycles. The number of aromatic nitrogens is 1. The Morgan fingerprint density at radius 2 is 1.69 bits per heavy atom. The SMILES string of the molecule is Nc1nc(-c2ccc(F)cc2)c(Cl)cc1Cl. The molecule has 0 aliphatic rings. The van der Waals surface area contributed by atoms with Crippen LogP contribution in [0, 0.1) is 5.82 Å². The maximum atomic E-state index is 12.7. The van der Waals surface area contributed by atoms with E-state index in [0.717, 1.165) is 0 Å². The van der Waals surface area contributed by atoms with Crippen LogP contribution in [0.25, 0.3) is 11.3 Å². The summed E-state index contributed by atoms with van der Waals surface area (Å²) in [5.74, 6) is -0.118. The molecular formula is C11H7Cl2FN2. The zero-order chi connectivity index (χ0) is 11.7. The summed E-state index contributed by atoms with van der Waals surface area (Å²) < 4.78 is 12.7. The second-order valence-electron chi connectivity index (χ2n) is 3.19. The average molecular weight is 257 g/mol. The number of rotatable bonds is 1. The molecule has 0 unspecified atom stereocenters. The van der Waals surface area contributed by atoms with E-state index >= 15 is 0 Å². The number of nitrogens with two attached hydrogens (primary N) is 1. The lowest BCUT2D eigenvalue weighted by atomic mass is 10.1. The molecule has 0 fully saturated rings. The van der Waals surface area contributed by atoms with E-state index in [2.05, 4.69) is 4.98 Å². The summed E-state index contributed by atoms with van der Waals surface area (Å²) >= 11 is 11.7. The van der Waals surface area contributed by atoms with E-state index in [1.165, 1.54) is 18.2 Å². The molecule has 1 heterocycles. The van der Waals surface area contributed by atoms with Gasteiger partial charge in [-0.25, -0.2) is 9.37 Å². The Balaban J connectivity index is 2.56. The van der Waals surface area contributed by atoms with Gasteiger partial charge in [-0.15, -0.1) is 0 Å². The summed E-state index contributed by atoms with van der Waals surface area (Å²) in [6.45, 7) is 0. The van der Waals surface area contributed by atoms with Gasteiger partial charge in [-0.2, -0.15) is 0 Å². The number of nitrogens with zero attached hydrogens (tertiary/aromatic N) is 1. The summed E-state index contributed by atoms with van der Waals surface area (Å²) in [5, 5.41) is 0.682. The molecule has 82 valence electrons.